The van der Waals surface area contributed by atoms with Gasteiger partial charge in [-0.25, -0.2) is 8.78 Å². The molecule has 1 heterocycles. The third-order valence-electron chi connectivity index (χ3n) is 1.45. The van der Waals surface area contributed by atoms with Gasteiger partial charge in [0.2, 0.25) is 5.82 Å². The Hall–Kier alpha value is -0.920. The summed E-state index contributed by atoms with van der Waals surface area (Å²) in [6.07, 6.45) is -3.80. The van der Waals surface area contributed by atoms with Gasteiger partial charge in [-0.15, -0.1) is 0 Å². The fraction of sp³-hybridized carbons (Fsp3) is 0.600. The Labute approximate surface area is 75.4 Å². The summed E-state index contributed by atoms with van der Waals surface area (Å²) < 4.78 is 49.6. The van der Waals surface area contributed by atoms with Gasteiger partial charge in [0.05, 0.1) is 0 Å². The zero-order valence-electron chi connectivity index (χ0n) is 6.39. The Morgan fingerprint density at radius 1 is 1.54 bits per heavy atom. The van der Waals surface area contributed by atoms with Gasteiger partial charge in [-0.1, -0.05) is 0 Å². The van der Waals surface area contributed by atoms with E-state index < -0.39 is 18.2 Å². The van der Waals surface area contributed by atoms with E-state index in [0.29, 0.717) is 4.57 Å². The Morgan fingerprint density at radius 2 is 2.08 bits per heavy atom. The summed E-state index contributed by atoms with van der Waals surface area (Å²) in [6, 6.07) is 0. The molecule has 0 aliphatic carbocycles. The number of hydrogen-bond donors (Lipinski definition) is 1. The molecule has 0 aromatic carbocycles. The van der Waals surface area contributed by atoms with Crippen molar-refractivity contribution in [2.75, 3.05) is 0 Å². The average molecular weight is 215 g/mol. The van der Waals surface area contributed by atoms with Crippen LogP contribution in [0.25, 0.3) is 0 Å². The Balaban J connectivity index is 3.22. The number of aromatic nitrogens is 3. The molecule has 0 atom stereocenters. The standard InChI is InChI=1S/C5H5F4N3S/c1-12-3(10-11-4(12)13)5(8,9)2(6)7/h2H,1H3,(H,11,13). The second-order valence-corrected chi connectivity index (χ2v) is 2.72. The summed E-state index contributed by atoms with van der Waals surface area (Å²) in [5, 5.41) is 5.02. The number of aromatic amines is 1. The van der Waals surface area contributed by atoms with Gasteiger partial charge in [-0.3, -0.25) is 5.10 Å². The second-order valence-electron chi connectivity index (χ2n) is 2.34. The minimum Gasteiger partial charge on any atom is -0.302 e. The number of H-pyrrole nitrogens is 1. The molecule has 0 saturated carbocycles. The first-order chi connectivity index (χ1) is 5.87. The smallest absolute Gasteiger partial charge is 0.302 e. The van der Waals surface area contributed by atoms with Gasteiger partial charge in [0.1, 0.15) is 0 Å². The minimum absolute atomic E-state index is 0.129. The van der Waals surface area contributed by atoms with Gasteiger partial charge in [0.15, 0.2) is 4.77 Å². The highest BCUT2D eigenvalue weighted by Gasteiger charge is 2.46. The predicted octanol–water partition coefficient (Wildman–Crippen LogP) is 1.83. The lowest BCUT2D eigenvalue weighted by Gasteiger charge is -2.13. The molecule has 1 rings (SSSR count). The summed E-state index contributed by atoms with van der Waals surface area (Å²) in [5.74, 6) is -5.34. The molecule has 1 aromatic rings. The third kappa shape index (κ3) is 1.58. The van der Waals surface area contributed by atoms with Crippen molar-refractivity contribution < 1.29 is 17.6 Å². The first-order valence-corrected chi connectivity index (χ1v) is 3.56. The molecule has 0 radical (unpaired) electrons. The van der Waals surface area contributed by atoms with Gasteiger partial charge >= 0.3 is 12.3 Å². The highest BCUT2D eigenvalue weighted by Crippen LogP contribution is 2.32. The normalized spacial score (nSPS) is 12.5. The molecule has 1 aromatic heterocycles. The molecule has 3 nitrogen and oxygen atoms in total. The summed E-state index contributed by atoms with van der Waals surface area (Å²) in [4.78, 5) is 0. The van der Waals surface area contributed by atoms with Gasteiger partial charge in [-0.05, 0) is 12.2 Å². The van der Waals surface area contributed by atoms with Crippen LogP contribution < -0.4 is 0 Å². The Morgan fingerprint density at radius 3 is 2.38 bits per heavy atom. The first kappa shape index (κ1) is 10.2. The lowest BCUT2D eigenvalue weighted by Crippen LogP contribution is -2.27. The maximum Gasteiger partial charge on any atom is 0.365 e. The van der Waals surface area contributed by atoms with Gasteiger partial charge in [0, 0.05) is 7.05 Å². The van der Waals surface area contributed by atoms with E-state index in [4.69, 9.17) is 0 Å². The molecule has 0 saturated heterocycles. The topological polar surface area (TPSA) is 33.6 Å². The number of nitrogens with zero attached hydrogens (tertiary/aromatic N) is 2. The minimum atomic E-state index is -4.28. The van der Waals surface area contributed by atoms with Gasteiger partial charge in [0.25, 0.3) is 0 Å². The maximum atomic E-state index is 12.7. The van der Waals surface area contributed by atoms with E-state index in [0.717, 1.165) is 7.05 Å². The largest absolute Gasteiger partial charge is 0.365 e. The molecule has 0 unspecified atom stereocenters. The van der Waals surface area contributed by atoms with Crippen LogP contribution in [-0.4, -0.2) is 21.2 Å². The van der Waals surface area contributed by atoms with Crippen LogP contribution >= 0.6 is 12.2 Å². The lowest BCUT2D eigenvalue weighted by molar-refractivity contribution is -0.142. The molecule has 0 amide bonds. The van der Waals surface area contributed by atoms with Crippen LogP contribution in [0.3, 0.4) is 0 Å². The average Bonchev–Trinajstić information content (AvgIpc) is 2.33. The molecule has 0 aliphatic rings. The molecular weight excluding hydrogens is 210 g/mol. The number of hydrogen-bond acceptors (Lipinski definition) is 2. The summed E-state index contributed by atoms with van der Waals surface area (Å²) in [7, 11) is 1.14. The fourth-order valence-corrected chi connectivity index (χ4v) is 0.875. The van der Waals surface area contributed by atoms with Crippen LogP contribution in [0.1, 0.15) is 5.82 Å². The zero-order chi connectivity index (χ0) is 10.2. The quantitative estimate of drug-likeness (QED) is 0.603. The van der Waals surface area contributed by atoms with E-state index in [-0.39, 0.29) is 4.77 Å². The molecule has 8 heteroatoms. The van der Waals surface area contributed by atoms with Crippen LogP contribution in [0.4, 0.5) is 17.6 Å². The van der Waals surface area contributed by atoms with Crippen molar-refractivity contribution in [3.05, 3.63) is 10.6 Å². The fourth-order valence-electron chi connectivity index (χ4n) is 0.743. The number of nitrogens with one attached hydrogen (secondary N) is 1. The van der Waals surface area contributed by atoms with E-state index in [1.165, 1.54) is 0 Å². The van der Waals surface area contributed by atoms with Crippen LogP contribution in [0.2, 0.25) is 0 Å². The zero-order valence-corrected chi connectivity index (χ0v) is 7.21. The summed E-state index contributed by atoms with van der Waals surface area (Å²) in [5.41, 5.74) is 0. The molecule has 1 N–H and O–H groups in total. The van der Waals surface area contributed by atoms with E-state index in [9.17, 15) is 17.6 Å². The van der Waals surface area contributed by atoms with Crippen LogP contribution in [0.15, 0.2) is 0 Å². The van der Waals surface area contributed by atoms with Gasteiger partial charge in [-0.2, -0.15) is 13.9 Å². The highest BCUT2D eigenvalue weighted by molar-refractivity contribution is 7.71. The van der Waals surface area contributed by atoms with E-state index in [1.807, 2.05) is 5.10 Å². The van der Waals surface area contributed by atoms with Crippen molar-refractivity contribution in [2.45, 2.75) is 12.3 Å². The molecular formula is C5H5F4N3S. The molecule has 74 valence electrons. The number of alkyl halides is 4. The molecule has 13 heavy (non-hydrogen) atoms. The number of halogens is 4. The van der Waals surface area contributed by atoms with Crippen molar-refractivity contribution in [3.63, 3.8) is 0 Å². The van der Waals surface area contributed by atoms with E-state index >= 15 is 0 Å². The van der Waals surface area contributed by atoms with E-state index in [2.05, 4.69) is 17.3 Å². The van der Waals surface area contributed by atoms with Crippen molar-refractivity contribution in [1.82, 2.24) is 14.8 Å². The first-order valence-electron chi connectivity index (χ1n) is 3.15. The molecule has 0 spiro atoms. The maximum absolute atomic E-state index is 12.7. The second kappa shape index (κ2) is 3.09. The summed E-state index contributed by atoms with van der Waals surface area (Å²) in [6.45, 7) is 0. The van der Waals surface area contributed by atoms with Crippen LogP contribution in [0, 0.1) is 4.77 Å². The summed E-state index contributed by atoms with van der Waals surface area (Å²) >= 11 is 4.50. The SMILES string of the molecule is Cn1c(C(F)(F)C(F)F)n[nH]c1=S. The molecule has 0 aliphatic heterocycles. The Kier molecular flexibility index (Phi) is 2.42. The monoisotopic (exact) mass is 215 g/mol. The van der Waals surface area contributed by atoms with Crippen molar-refractivity contribution in [1.29, 1.82) is 0 Å². The van der Waals surface area contributed by atoms with Gasteiger partial charge < -0.3 is 4.57 Å². The van der Waals surface area contributed by atoms with Crippen LogP contribution in [0.5, 0.6) is 0 Å². The predicted molar refractivity (Wildman–Crippen MR) is 38.3 cm³/mol. The highest BCUT2D eigenvalue weighted by atomic mass is 32.1. The van der Waals surface area contributed by atoms with Crippen molar-refractivity contribution in [3.8, 4) is 0 Å². The Bertz CT molecular complexity index is 355. The third-order valence-corrected chi connectivity index (χ3v) is 1.82. The van der Waals surface area contributed by atoms with E-state index in [1.54, 1.807) is 0 Å². The lowest BCUT2D eigenvalue weighted by atomic mass is 10.3. The number of rotatable bonds is 2. The van der Waals surface area contributed by atoms with Crippen molar-refractivity contribution >= 4 is 12.2 Å². The van der Waals surface area contributed by atoms with Crippen LogP contribution in [-0.2, 0) is 13.0 Å². The molecule has 0 bridgehead atoms. The van der Waals surface area contributed by atoms with Crippen molar-refractivity contribution in [2.24, 2.45) is 7.05 Å². The molecule has 0 fully saturated rings.